The van der Waals surface area contributed by atoms with Gasteiger partial charge in [-0.25, -0.2) is 4.79 Å². The van der Waals surface area contributed by atoms with Crippen molar-refractivity contribution in [3.8, 4) is 5.75 Å². The molecule has 0 saturated carbocycles. The van der Waals surface area contributed by atoms with Gasteiger partial charge < -0.3 is 20.5 Å². The van der Waals surface area contributed by atoms with Crippen LogP contribution in [0.4, 0.5) is 4.79 Å². The summed E-state index contributed by atoms with van der Waals surface area (Å²) in [6.45, 7) is 6.36. The molecule has 5 nitrogen and oxygen atoms in total. The number of hydrogen-bond acceptors (Lipinski definition) is 3. The topological polar surface area (TPSA) is 70.6 Å². The minimum absolute atomic E-state index is 0.000101. The lowest BCUT2D eigenvalue weighted by molar-refractivity contribution is 0.216. The van der Waals surface area contributed by atoms with Crippen LogP contribution >= 0.6 is 0 Å². The van der Waals surface area contributed by atoms with Crippen LogP contribution in [0.15, 0.2) is 24.3 Å². The summed E-state index contributed by atoms with van der Waals surface area (Å²) in [5, 5.41) is 14.6. The number of urea groups is 1. The highest BCUT2D eigenvalue weighted by molar-refractivity contribution is 5.74. The number of aliphatic hydroxyl groups excluding tert-OH is 1. The first kappa shape index (κ1) is 17.3. The highest BCUT2D eigenvalue weighted by Gasteiger charge is 2.12. The number of ether oxygens (including phenoxy) is 1. The van der Waals surface area contributed by atoms with Crippen LogP contribution in [0.25, 0.3) is 0 Å². The first-order valence-electron chi connectivity index (χ1n) is 7.42. The van der Waals surface area contributed by atoms with Crippen molar-refractivity contribution in [2.75, 3.05) is 13.2 Å². The van der Waals surface area contributed by atoms with Crippen molar-refractivity contribution < 1.29 is 14.6 Å². The van der Waals surface area contributed by atoms with Crippen LogP contribution in [0.1, 0.15) is 32.3 Å². The van der Waals surface area contributed by atoms with E-state index in [2.05, 4.69) is 10.6 Å². The van der Waals surface area contributed by atoms with E-state index >= 15 is 0 Å². The molecule has 5 heteroatoms. The summed E-state index contributed by atoms with van der Waals surface area (Å²) in [6, 6.07) is 7.48. The van der Waals surface area contributed by atoms with Crippen LogP contribution in [0, 0.1) is 6.92 Å². The van der Waals surface area contributed by atoms with Gasteiger partial charge in [0.15, 0.2) is 0 Å². The number of carbonyl (C=O) groups excluding carboxylic acids is 1. The molecule has 2 atom stereocenters. The minimum Gasteiger partial charge on any atom is -0.491 e. The van der Waals surface area contributed by atoms with Crippen molar-refractivity contribution in [1.82, 2.24) is 10.6 Å². The van der Waals surface area contributed by atoms with Crippen molar-refractivity contribution >= 4 is 6.03 Å². The molecule has 0 bridgehead atoms. The molecule has 0 aliphatic rings. The van der Waals surface area contributed by atoms with Crippen LogP contribution in [-0.2, 0) is 0 Å². The molecular formula is C16H26N2O3. The molecular weight excluding hydrogens is 268 g/mol. The Bertz CT molecular complexity index is 437. The number of carbonyl (C=O) groups is 1. The zero-order valence-corrected chi connectivity index (χ0v) is 13.1. The fourth-order valence-electron chi connectivity index (χ4n) is 1.95. The van der Waals surface area contributed by atoms with Crippen molar-refractivity contribution in [2.24, 2.45) is 0 Å². The highest BCUT2D eigenvalue weighted by Crippen LogP contribution is 2.12. The quantitative estimate of drug-likeness (QED) is 0.688. The van der Waals surface area contributed by atoms with Gasteiger partial charge in [-0.15, -0.1) is 0 Å². The molecule has 2 unspecified atom stereocenters. The summed E-state index contributed by atoms with van der Waals surface area (Å²) in [4.78, 5) is 11.8. The third-order valence-electron chi connectivity index (χ3n) is 3.17. The van der Waals surface area contributed by atoms with E-state index in [1.807, 2.05) is 45.0 Å². The molecule has 0 spiro atoms. The summed E-state index contributed by atoms with van der Waals surface area (Å²) >= 11 is 0. The van der Waals surface area contributed by atoms with Gasteiger partial charge in [0.1, 0.15) is 12.4 Å². The van der Waals surface area contributed by atoms with E-state index in [0.717, 1.165) is 17.7 Å². The van der Waals surface area contributed by atoms with Crippen molar-refractivity contribution in [1.29, 1.82) is 0 Å². The third kappa shape index (κ3) is 6.99. The summed E-state index contributed by atoms with van der Waals surface area (Å²) < 4.78 is 5.65. The van der Waals surface area contributed by atoms with E-state index in [0.29, 0.717) is 13.0 Å². The number of aryl methyl sites for hydroxylation is 1. The summed E-state index contributed by atoms with van der Waals surface area (Å²) in [5.41, 5.74) is 1.14. The standard InChI is InChI=1S/C16H26N2O3/c1-4-14(8-9-19)18-16(20)17-13(3)11-21-15-7-5-6-12(2)10-15/h5-7,10,13-14,19H,4,8-9,11H2,1-3H3,(H2,17,18,20). The third-order valence-corrected chi connectivity index (χ3v) is 3.17. The fourth-order valence-corrected chi connectivity index (χ4v) is 1.95. The molecule has 1 aromatic rings. The molecule has 0 aromatic heterocycles. The van der Waals surface area contributed by atoms with Crippen LogP contribution < -0.4 is 15.4 Å². The molecule has 2 amide bonds. The van der Waals surface area contributed by atoms with Gasteiger partial charge in [-0.2, -0.15) is 0 Å². The maximum Gasteiger partial charge on any atom is 0.315 e. The van der Waals surface area contributed by atoms with E-state index in [9.17, 15) is 4.79 Å². The normalized spacial score (nSPS) is 13.3. The van der Waals surface area contributed by atoms with E-state index in [4.69, 9.17) is 9.84 Å². The molecule has 1 rings (SSSR count). The molecule has 0 saturated heterocycles. The predicted octanol–water partition coefficient (Wildman–Crippen LogP) is 2.22. The monoisotopic (exact) mass is 294 g/mol. The molecule has 0 aliphatic carbocycles. The highest BCUT2D eigenvalue weighted by atomic mass is 16.5. The maximum atomic E-state index is 11.8. The van der Waals surface area contributed by atoms with Gasteiger partial charge in [-0.05, 0) is 44.4 Å². The molecule has 3 N–H and O–H groups in total. The SMILES string of the molecule is CCC(CCO)NC(=O)NC(C)COc1cccc(C)c1. The first-order valence-corrected chi connectivity index (χ1v) is 7.42. The van der Waals surface area contributed by atoms with Gasteiger partial charge in [-0.1, -0.05) is 19.1 Å². The number of hydrogen-bond donors (Lipinski definition) is 3. The summed E-state index contributed by atoms with van der Waals surface area (Å²) in [6.07, 6.45) is 1.36. The lowest BCUT2D eigenvalue weighted by atomic mass is 10.2. The lowest BCUT2D eigenvalue weighted by Gasteiger charge is -2.19. The molecule has 0 radical (unpaired) electrons. The predicted molar refractivity (Wildman–Crippen MR) is 83.6 cm³/mol. The Morgan fingerprint density at radius 1 is 1.38 bits per heavy atom. The van der Waals surface area contributed by atoms with Gasteiger partial charge in [-0.3, -0.25) is 0 Å². The lowest BCUT2D eigenvalue weighted by Crippen LogP contribution is -2.47. The average molecular weight is 294 g/mol. The first-order chi connectivity index (χ1) is 10.0. The Hall–Kier alpha value is -1.75. The van der Waals surface area contributed by atoms with Crippen molar-refractivity contribution in [2.45, 2.75) is 45.7 Å². The number of rotatable bonds is 8. The maximum absolute atomic E-state index is 11.8. The largest absolute Gasteiger partial charge is 0.491 e. The van der Waals surface area contributed by atoms with E-state index in [-0.39, 0.29) is 24.7 Å². The average Bonchev–Trinajstić information content (AvgIpc) is 2.44. The molecule has 118 valence electrons. The van der Waals surface area contributed by atoms with Gasteiger partial charge in [0.05, 0.1) is 6.04 Å². The Kier molecular flexibility index (Phi) is 7.61. The van der Waals surface area contributed by atoms with Crippen molar-refractivity contribution in [3.05, 3.63) is 29.8 Å². The van der Waals surface area contributed by atoms with Gasteiger partial charge in [0.2, 0.25) is 0 Å². The minimum atomic E-state index is -0.226. The molecule has 0 fully saturated rings. The Balaban J connectivity index is 2.32. The second-order valence-corrected chi connectivity index (χ2v) is 5.26. The molecule has 0 heterocycles. The van der Waals surface area contributed by atoms with Crippen molar-refractivity contribution in [3.63, 3.8) is 0 Å². The van der Waals surface area contributed by atoms with E-state index in [1.165, 1.54) is 0 Å². The zero-order chi connectivity index (χ0) is 15.7. The number of amides is 2. The van der Waals surface area contributed by atoms with Gasteiger partial charge in [0, 0.05) is 12.6 Å². The van der Waals surface area contributed by atoms with Crippen LogP contribution in [-0.4, -0.2) is 36.4 Å². The van der Waals surface area contributed by atoms with Crippen LogP contribution in [0.2, 0.25) is 0 Å². The van der Waals surface area contributed by atoms with Crippen LogP contribution in [0.5, 0.6) is 5.75 Å². The number of benzene rings is 1. The Morgan fingerprint density at radius 3 is 2.76 bits per heavy atom. The summed E-state index contributed by atoms with van der Waals surface area (Å²) in [5.74, 6) is 0.802. The molecule has 1 aromatic carbocycles. The summed E-state index contributed by atoms with van der Waals surface area (Å²) in [7, 11) is 0. The fraction of sp³-hybridized carbons (Fsp3) is 0.562. The van der Waals surface area contributed by atoms with E-state index < -0.39 is 0 Å². The number of nitrogens with one attached hydrogen (secondary N) is 2. The second-order valence-electron chi connectivity index (χ2n) is 5.26. The van der Waals surface area contributed by atoms with Gasteiger partial charge >= 0.3 is 6.03 Å². The molecule has 21 heavy (non-hydrogen) atoms. The van der Waals surface area contributed by atoms with Crippen LogP contribution in [0.3, 0.4) is 0 Å². The van der Waals surface area contributed by atoms with E-state index in [1.54, 1.807) is 0 Å². The Morgan fingerprint density at radius 2 is 2.14 bits per heavy atom. The van der Waals surface area contributed by atoms with Gasteiger partial charge in [0.25, 0.3) is 0 Å². The number of aliphatic hydroxyl groups is 1. The second kappa shape index (κ2) is 9.23. The Labute approximate surface area is 126 Å². The zero-order valence-electron chi connectivity index (χ0n) is 13.1. The smallest absolute Gasteiger partial charge is 0.315 e. The molecule has 0 aliphatic heterocycles.